The summed E-state index contributed by atoms with van der Waals surface area (Å²) in [5.74, 6) is 0. The molecule has 6 heteroatoms. The van der Waals surface area contributed by atoms with Crippen LogP contribution in [0.4, 0.5) is 0 Å². The molecule has 0 saturated heterocycles. The van der Waals surface area contributed by atoms with Crippen molar-refractivity contribution in [2.45, 2.75) is 0 Å². The monoisotopic (exact) mass is 1070 g/mol. The molecular formula is C78H48N6. The summed E-state index contributed by atoms with van der Waals surface area (Å²) < 4.78 is 14.9. The standard InChI is InChI=1S/C78H48N6/c1-2-21-49(22-3-1)83-69-37-16-8-29-59(69)61-41-43-73-75(77(61)83)63-31-10-18-39-71(63)79(73)50-23-20-24-51(45-50)84-70-38-17-9-30-60(70)62-42-44-74-76(78(62)84)64-32-11-19-40-72(64)82(74)54-47-52(80-65-33-12-4-25-55(65)56-26-5-13-34-66(56)80)46-53(48-54)81-67-35-14-6-27-57(67)58-28-7-15-36-68(58)81/h1-48H. The van der Waals surface area contributed by atoms with E-state index in [4.69, 9.17) is 0 Å². The predicted octanol–water partition coefficient (Wildman–Crippen LogP) is 20.3. The van der Waals surface area contributed by atoms with Gasteiger partial charge in [-0.25, -0.2) is 0 Å². The van der Waals surface area contributed by atoms with Gasteiger partial charge in [0, 0.05) is 81.7 Å². The van der Waals surface area contributed by atoms with Gasteiger partial charge in [-0.3, -0.25) is 0 Å². The van der Waals surface area contributed by atoms with E-state index in [9.17, 15) is 0 Å². The molecule has 0 bridgehead atoms. The molecule has 13 aromatic carbocycles. The zero-order chi connectivity index (χ0) is 54.7. The van der Waals surface area contributed by atoms with Crippen LogP contribution in [0.1, 0.15) is 0 Å². The number of fused-ring (bicyclic) bond motifs is 20. The van der Waals surface area contributed by atoms with E-state index in [1.165, 1.54) is 103 Å². The molecule has 84 heavy (non-hydrogen) atoms. The Morgan fingerprint density at radius 2 is 0.393 bits per heavy atom. The maximum absolute atomic E-state index is 2.53. The molecule has 0 aliphatic carbocycles. The van der Waals surface area contributed by atoms with Gasteiger partial charge in [-0.2, -0.15) is 0 Å². The van der Waals surface area contributed by atoms with Gasteiger partial charge in [0.1, 0.15) is 0 Å². The van der Waals surface area contributed by atoms with Crippen molar-refractivity contribution < 1.29 is 0 Å². The zero-order valence-corrected chi connectivity index (χ0v) is 45.4. The first-order chi connectivity index (χ1) is 41.7. The lowest BCUT2D eigenvalue weighted by Crippen LogP contribution is -2.03. The first-order valence-electron chi connectivity index (χ1n) is 28.9. The average molecular weight is 1070 g/mol. The summed E-state index contributed by atoms with van der Waals surface area (Å²) in [5.41, 5.74) is 20.6. The Balaban J connectivity index is 0.886. The van der Waals surface area contributed by atoms with Crippen LogP contribution < -0.4 is 0 Å². The van der Waals surface area contributed by atoms with Gasteiger partial charge in [-0.1, -0.05) is 182 Å². The van der Waals surface area contributed by atoms with E-state index in [1.54, 1.807) is 0 Å². The Hall–Kier alpha value is -11.3. The quantitative estimate of drug-likeness (QED) is 0.159. The molecule has 19 aromatic rings. The Morgan fingerprint density at radius 3 is 0.786 bits per heavy atom. The number of hydrogen-bond acceptors (Lipinski definition) is 0. The van der Waals surface area contributed by atoms with E-state index in [1.807, 2.05) is 0 Å². The second-order valence-electron chi connectivity index (χ2n) is 22.4. The van der Waals surface area contributed by atoms with Crippen molar-refractivity contribution in [1.29, 1.82) is 0 Å². The molecule has 6 nitrogen and oxygen atoms in total. The minimum Gasteiger partial charge on any atom is -0.309 e. The van der Waals surface area contributed by atoms with E-state index in [0.717, 1.165) is 61.7 Å². The number of para-hydroxylation sites is 9. The third-order valence-electron chi connectivity index (χ3n) is 18.1. The largest absolute Gasteiger partial charge is 0.309 e. The highest BCUT2D eigenvalue weighted by molar-refractivity contribution is 6.28. The third kappa shape index (κ3) is 6.12. The lowest BCUT2D eigenvalue weighted by Gasteiger charge is -2.17. The van der Waals surface area contributed by atoms with E-state index in [-0.39, 0.29) is 0 Å². The summed E-state index contributed by atoms with van der Waals surface area (Å²) >= 11 is 0. The van der Waals surface area contributed by atoms with Crippen LogP contribution in [0.15, 0.2) is 291 Å². The van der Waals surface area contributed by atoms with E-state index < -0.39 is 0 Å². The van der Waals surface area contributed by atoms with Crippen molar-refractivity contribution in [3.05, 3.63) is 291 Å². The van der Waals surface area contributed by atoms with Gasteiger partial charge in [-0.15, -0.1) is 0 Å². The van der Waals surface area contributed by atoms with Crippen molar-refractivity contribution >= 4 is 131 Å². The number of rotatable bonds is 6. The molecule has 0 radical (unpaired) electrons. The second kappa shape index (κ2) is 17.1. The van der Waals surface area contributed by atoms with E-state index in [0.29, 0.717) is 0 Å². The molecular weight excluding hydrogens is 1020 g/mol. The summed E-state index contributed by atoms with van der Waals surface area (Å²) in [6.07, 6.45) is 0. The summed E-state index contributed by atoms with van der Waals surface area (Å²) in [7, 11) is 0. The number of nitrogens with zero attached hydrogens (tertiary/aromatic N) is 6. The molecule has 0 N–H and O–H groups in total. The molecule has 0 atom stereocenters. The highest BCUT2D eigenvalue weighted by Gasteiger charge is 2.25. The zero-order valence-electron chi connectivity index (χ0n) is 45.4. The van der Waals surface area contributed by atoms with Crippen LogP contribution in [0.25, 0.3) is 165 Å². The molecule has 0 aliphatic rings. The fourth-order valence-corrected chi connectivity index (χ4v) is 14.8. The van der Waals surface area contributed by atoms with Gasteiger partial charge in [0.2, 0.25) is 0 Å². The molecule has 0 saturated carbocycles. The molecule has 0 fully saturated rings. The van der Waals surface area contributed by atoms with E-state index in [2.05, 4.69) is 319 Å². The second-order valence-corrected chi connectivity index (χ2v) is 22.4. The highest BCUT2D eigenvalue weighted by atomic mass is 15.1. The number of benzene rings is 13. The first kappa shape index (κ1) is 45.4. The van der Waals surface area contributed by atoms with Crippen LogP contribution >= 0.6 is 0 Å². The van der Waals surface area contributed by atoms with Crippen LogP contribution in [-0.4, -0.2) is 27.4 Å². The lowest BCUT2D eigenvalue weighted by molar-refractivity contribution is 1.10. The Bertz CT molecular complexity index is 5750. The smallest absolute Gasteiger partial charge is 0.0641 e. The van der Waals surface area contributed by atoms with Gasteiger partial charge < -0.3 is 27.4 Å². The fourth-order valence-electron chi connectivity index (χ4n) is 14.8. The molecule has 6 aromatic heterocycles. The SMILES string of the molecule is c1ccc(-n2c3ccccc3c3ccc4c(c5ccccc5n4-c4cccc(-n5c6ccccc6c6ccc7c(c8ccccc8n7-c7cc(-n8c9ccccc9c9ccccc98)cc(-n8c9ccccc9c9ccccc98)c7)c65)c4)c32)cc1. The van der Waals surface area contributed by atoms with Gasteiger partial charge in [0.15, 0.2) is 0 Å². The molecule has 0 spiro atoms. The molecule has 0 amide bonds. The maximum Gasteiger partial charge on any atom is 0.0641 e. The molecule has 6 heterocycles. The number of aromatic nitrogens is 6. The summed E-state index contributed by atoms with van der Waals surface area (Å²) in [5, 5.41) is 14.7. The first-order valence-corrected chi connectivity index (χ1v) is 28.9. The van der Waals surface area contributed by atoms with Crippen LogP contribution in [0, 0.1) is 0 Å². The van der Waals surface area contributed by atoms with Gasteiger partial charge in [0.25, 0.3) is 0 Å². The van der Waals surface area contributed by atoms with Crippen LogP contribution in [0.3, 0.4) is 0 Å². The van der Waals surface area contributed by atoms with Crippen molar-refractivity contribution in [2.75, 3.05) is 0 Å². The minimum atomic E-state index is 1.08. The van der Waals surface area contributed by atoms with Crippen molar-refractivity contribution in [1.82, 2.24) is 27.4 Å². The molecule has 390 valence electrons. The van der Waals surface area contributed by atoms with Crippen LogP contribution in [0.5, 0.6) is 0 Å². The van der Waals surface area contributed by atoms with Gasteiger partial charge >= 0.3 is 0 Å². The van der Waals surface area contributed by atoms with Crippen molar-refractivity contribution in [3.8, 4) is 34.1 Å². The van der Waals surface area contributed by atoms with E-state index >= 15 is 0 Å². The normalized spacial score (nSPS) is 12.3. The van der Waals surface area contributed by atoms with Gasteiger partial charge in [-0.05, 0) is 109 Å². The Labute approximate surface area is 480 Å². The lowest BCUT2D eigenvalue weighted by atomic mass is 10.1. The van der Waals surface area contributed by atoms with Crippen LogP contribution in [-0.2, 0) is 0 Å². The van der Waals surface area contributed by atoms with Crippen LogP contribution in [0.2, 0.25) is 0 Å². The molecule has 19 rings (SSSR count). The molecule has 0 unspecified atom stereocenters. The minimum absolute atomic E-state index is 1.08. The fraction of sp³-hybridized carbons (Fsp3) is 0. The van der Waals surface area contributed by atoms with Crippen molar-refractivity contribution in [3.63, 3.8) is 0 Å². The van der Waals surface area contributed by atoms with Crippen molar-refractivity contribution in [2.24, 2.45) is 0 Å². The predicted molar refractivity (Wildman–Crippen MR) is 352 cm³/mol. The topological polar surface area (TPSA) is 29.6 Å². The average Bonchev–Trinajstić information content (AvgIpc) is 2.03. The highest BCUT2D eigenvalue weighted by Crippen LogP contribution is 2.46. The Kier molecular flexibility index (Phi) is 9.24. The summed E-state index contributed by atoms with van der Waals surface area (Å²) in [6, 6.07) is 108. The number of hydrogen-bond donors (Lipinski definition) is 0. The summed E-state index contributed by atoms with van der Waals surface area (Å²) in [6.45, 7) is 0. The summed E-state index contributed by atoms with van der Waals surface area (Å²) in [4.78, 5) is 0. The van der Waals surface area contributed by atoms with Gasteiger partial charge in [0.05, 0.1) is 83.3 Å². The Morgan fingerprint density at radius 1 is 0.143 bits per heavy atom. The molecule has 0 aliphatic heterocycles. The third-order valence-corrected chi connectivity index (χ3v) is 18.1. The maximum atomic E-state index is 2.53.